The molecule has 0 saturated carbocycles. The molecule has 0 unspecified atom stereocenters. The van der Waals surface area contributed by atoms with Gasteiger partial charge in [-0.25, -0.2) is 0 Å². The predicted molar refractivity (Wildman–Crippen MR) is 124 cm³/mol. The minimum Gasteiger partial charge on any atom is -0.352 e. The standard InChI is InChI=1S/C25H34N4O2/c30-24(22-10-3-1-4-11-22)26-14-7-8-16-28-18-20-29(21-19-28)17-9-15-27-25(31)23-12-5-2-6-13-23/h1-6,10-13H,7-9,14-21H2,(H,26,30)(H,27,31). The smallest absolute Gasteiger partial charge is 0.251 e. The van der Waals surface area contributed by atoms with E-state index in [1.54, 1.807) is 0 Å². The van der Waals surface area contributed by atoms with Crippen LogP contribution in [0.5, 0.6) is 0 Å². The summed E-state index contributed by atoms with van der Waals surface area (Å²) < 4.78 is 0. The molecule has 0 bridgehead atoms. The van der Waals surface area contributed by atoms with Gasteiger partial charge in [0.25, 0.3) is 11.8 Å². The zero-order chi connectivity index (χ0) is 21.7. The van der Waals surface area contributed by atoms with E-state index in [0.717, 1.165) is 76.2 Å². The van der Waals surface area contributed by atoms with E-state index in [1.165, 1.54) is 0 Å². The van der Waals surface area contributed by atoms with Crippen LogP contribution in [-0.2, 0) is 0 Å². The molecule has 2 N–H and O–H groups in total. The van der Waals surface area contributed by atoms with Gasteiger partial charge >= 0.3 is 0 Å². The monoisotopic (exact) mass is 422 g/mol. The number of amides is 2. The fourth-order valence-electron chi connectivity index (χ4n) is 3.79. The molecule has 1 aliphatic rings. The van der Waals surface area contributed by atoms with Gasteiger partial charge in [-0.05, 0) is 56.6 Å². The van der Waals surface area contributed by atoms with Crippen molar-refractivity contribution in [2.45, 2.75) is 19.3 Å². The van der Waals surface area contributed by atoms with Gasteiger partial charge < -0.3 is 20.4 Å². The van der Waals surface area contributed by atoms with Crippen molar-refractivity contribution in [2.75, 3.05) is 52.4 Å². The van der Waals surface area contributed by atoms with Gasteiger partial charge in [-0.2, -0.15) is 0 Å². The number of piperazine rings is 1. The molecule has 166 valence electrons. The molecule has 2 aromatic rings. The number of benzene rings is 2. The van der Waals surface area contributed by atoms with Gasteiger partial charge in [0.2, 0.25) is 0 Å². The third-order valence-electron chi connectivity index (χ3n) is 5.66. The fraction of sp³-hybridized carbons (Fsp3) is 0.440. The van der Waals surface area contributed by atoms with Gasteiger partial charge in [0.05, 0.1) is 0 Å². The molecule has 6 nitrogen and oxygen atoms in total. The number of nitrogens with zero attached hydrogens (tertiary/aromatic N) is 2. The molecule has 1 fully saturated rings. The van der Waals surface area contributed by atoms with Crippen molar-refractivity contribution < 1.29 is 9.59 Å². The van der Waals surface area contributed by atoms with E-state index in [0.29, 0.717) is 6.54 Å². The van der Waals surface area contributed by atoms with E-state index in [4.69, 9.17) is 0 Å². The van der Waals surface area contributed by atoms with E-state index in [9.17, 15) is 9.59 Å². The lowest BCUT2D eigenvalue weighted by atomic mass is 10.2. The van der Waals surface area contributed by atoms with Crippen molar-refractivity contribution in [3.05, 3.63) is 71.8 Å². The minimum atomic E-state index is 0.00498. The van der Waals surface area contributed by atoms with Crippen molar-refractivity contribution in [3.8, 4) is 0 Å². The van der Waals surface area contributed by atoms with Gasteiger partial charge in [0.15, 0.2) is 0 Å². The summed E-state index contributed by atoms with van der Waals surface area (Å²) in [4.78, 5) is 29.0. The summed E-state index contributed by atoms with van der Waals surface area (Å²) in [6.07, 6.45) is 3.07. The lowest BCUT2D eigenvalue weighted by Crippen LogP contribution is -2.47. The molecule has 0 radical (unpaired) electrons. The Morgan fingerprint density at radius 2 is 1.03 bits per heavy atom. The molecule has 31 heavy (non-hydrogen) atoms. The number of hydrogen-bond donors (Lipinski definition) is 2. The maximum atomic E-state index is 12.0. The molecule has 1 aliphatic heterocycles. The van der Waals surface area contributed by atoms with Crippen molar-refractivity contribution in [1.29, 1.82) is 0 Å². The minimum absolute atomic E-state index is 0.00498. The van der Waals surface area contributed by atoms with E-state index >= 15 is 0 Å². The largest absolute Gasteiger partial charge is 0.352 e. The van der Waals surface area contributed by atoms with Crippen LogP contribution in [0.25, 0.3) is 0 Å². The van der Waals surface area contributed by atoms with Gasteiger partial charge in [-0.15, -0.1) is 0 Å². The highest BCUT2D eigenvalue weighted by Gasteiger charge is 2.16. The second-order valence-electron chi connectivity index (χ2n) is 7.99. The van der Waals surface area contributed by atoms with Crippen LogP contribution in [0.2, 0.25) is 0 Å². The van der Waals surface area contributed by atoms with E-state index < -0.39 is 0 Å². The lowest BCUT2D eigenvalue weighted by molar-refractivity contribution is 0.0943. The summed E-state index contributed by atoms with van der Waals surface area (Å²) >= 11 is 0. The van der Waals surface area contributed by atoms with Crippen LogP contribution in [0.15, 0.2) is 60.7 Å². The number of carbonyl (C=O) groups excluding carboxylic acids is 2. The van der Waals surface area contributed by atoms with Crippen LogP contribution in [0, 0.1) is 0 Å². The Hall–Kier alpha value is -2.70. The molecule has 0 spiro atoms. The van der Waals surface area contributed by atoms with Crippen LogP contribution < -0.4 is 10.6 Å². The summed E-state index contributed by atoms with van der Waals surface area (Å²) in [5.41, 5.74) is 1.44. The van der Waals surface area contributed by atoms with E-state index in [-0.39, 0.29) is 11.8 Å². The van der Waals surface area contributed by atoms with Crippen LogP contribution in [0.4, 0.5) is 0 Å². The zero-order valence-electron chi connectivity index (χ0n) is 18.3. The van der Waals surface area contributed by atoms with Gasteiger partial charge in [-0.3, -0.25) is 9.59 Å². The van der Waals surface area contributed by atoms with Crippen molar-refractivity contribution >= 4 is 11.8 Å². The molecule has 3 rings (SSSR count). The second-order valence-corrected chi connectivity index (χ2v) is 7.99. The summed E-state index contributed by atoms with van der Waals surface area (Å²) in [5.74, 6) is 0.0135. The number of carbonyl (C=O) groups is 2. The van der Waals surface area contributed by atoms with Crippen LogP contribution >= 0.6 is 0 Å². The normalized spacial score (nSPS) is 14.8. The fourth-order valence-corrected chi connectivity index (χ4v) is 3.79. The number of hydrogen-bond acceptors (Lipinski definition) is 4. The summed E-state index contributed by atoms with van der Waals surface area (Å²) in [6, 6.07) is 18.7. The predicted octanol–water partition coefficient (Wildman–Crippen LogP) is 2.63. The molecule has 2 aromatic carbocycles. The van der Waals surface area contributed by atoms with Gasteiger partial charge in [-0.1, -0.05) is 36.4 Å². The van der Waals surface area contributed by atoms with Gasteiger partial charge in [0, 0.05) is 50.4 Å². The first-order valence-electron chi connectivity index (χ1n) is 11.3. The quantitative estimate of drug-likeness (QED) is 0.547. The zero-order valence-corrected chi connectivity index (χ0v) is 18.3. The molecule has 0 atom stereocenters. The summed E-state index contributed by atoms with van der Waals surface area (Å²) in [7, 11) is 0. The van der Waals surface area contributed by atoms with Crippen LogP contribution in [0.1, 0.15) is 40.0 Å². The first-order chi connectivity index (χ1) is 15.2. The Balaban J connectivity index is 1.19. The third-order valence-corrected chi connectivity index (χ3v) is 5.66. The molecule has 1 heterocycles. The van der Waals surface area contributed by atoms with Crippen LogP contribution in [-0.4, -0.2) is 74.0 Å². The molecule has 6 heteroatoms. The van der Waals surface area contributed by atoms with Crippen LogP contribution in [0.3, 0.4) is 0 Å². The topological polar surface area (TPSA) is 64.7 Å². The first-order valence-corrected chi connectivity index (χ1v) is 11.3. The third kappa shape index (κ3) is 8.15. The van der Waals surface area contributed by atoms with E-state index in [2.05, 4.69) is 20.4 Å². The SMILES string of the molecule is O=C(NCCCCN1CCN(CCCNC(=O)c2ccccc2)CC1)c1ccccc1. The molecule has 2 amide bonds. The Labute approximate surface area is 185 Å². The highest BCUT2D eigenvalue weighted by atomic mass is 16.2. The molecule has 1 saturated heterocycles. The number of nitrogens with one attached hydrogen (secondary N) is 2. The van der Waals surface area contributed by atoms with Gasteiger partial charge in [0.1, 0.15) is 0 Å². The Bertz CT molecular complexity index is 790. The second kappa shape index (κ2) is 12.9. The average Bonchev–Trinajstić information content (AvgIpc) is 2.83. The highest BCUT2D eigenvalue weighted by molar-refractivity contribution is 5.94. The van der Waals surface area contributed by atoms with E-state index in [1.807, 2.05) is 60.7 Å². The summed E-state index contributed by atoms with van der Waals surface area (Å²) in [6.45, 7) is 7.88. The number of unbranched alkanes of at least 4 members (excludes halogenated alkanes) is 1. The van der Waals surface area contributed by atoms with Crippen molar-refractivity contribution in [1.82, 2.24) is 20.4 Å². The number of rotatable bonds is 11. The summed E-state index contributed by atoms with van der Waals surface area (Å²) in [5, 5.41) is 5.99. The molecular weight excluding hydrogens is 388 g/mol. The van der Waals surface area contributed by atoms with Crippen molar-refractivity contribution in [2.24, 2.45) is 0 Å². The molecule has 0 aromatic heterocycles. The first kappa shape index (κ1) is 23.0. The molecule has 0 aliphatic carbocycles. The lowest BCUT2D eigenvalue weighted by Gasteiger charge is -2.34. The Kier molecular flexibility index (Phi) is 9.54. The maximum absolute atomic E-state index is 12.0. The maximum Gasteiger partial charge on any atom is 0.251 e. The van der Waals surface area contributed by atoms with Crippen molar-refractivity contribution in [3.63, 3.8) is 0 Å². The Morgan fingerprint density at radius 1 is 0.613 bits per heavy atom. The Morgan fingerprint density at radius 3 is 1.52 bits per heavy atom. The molecular formula is C25H34N4O2. The average molecular weight is 423 g/mol. The highest BCUT2D eigenvalue weighted by Crippen LogP contribution is 2.05.